The van der Waals surface area contributed by atoms with Gasteiger partial charge in [-0.05, 0) is 17.7 Å². The van der Waals surface area contributed by atoms with E-state index in [-0.39, 0.29) is 6.54 Å². The number of azide groups is 1. The molecule has 13 heavy (non-hydrogen) atoms. The number of hydrogen-bond acceptors (Lipinski definition) is 3. The van der Waals surface area contributed by atoms with Crippen molar-refractivity contribution in [3.63, 3.8) is 0 Å². The van der Waals surface area contributed by atoms with Gasteiger partial charge < -0.3 is 5.11 Å². The van der Waals surface area contributed by atoms with E-state index in [0.717, 1.165) is 0 Å². The molecule has 0 radical (unpaired) electrons. The third kappa shape index (κ3) is 2.91. The SMILES string of the molecule is [N-]=[N+]=NC[C@H](O)c1ccc(Cl)cn1. The van der Waals surface area contributed by atoms with Crippen LogP contribution < -0.4 is 0 Å². The fourth-order valence-electron chi connectivity index (χ4n) is 0.792. The highest BCUT2D eigenvalue weighted by Crippen LogP contribution is 2.13. The first-order valence-corrected chi connectivity index (χ1v) is 3.92. The molecule has 1 atom stereocenters. The highest BCUT2D eigenvalue weighted by Gasteiger charge is 2.06. The van der Waals surface area contributed by atoms with Crippen LogP contribution in [0.2, 0.25) is 5.02 Å². The van der Waals surface area contributed by atoms with Crippen molar-refractivity contribution in [2.75, 3.05) is 6.54 Å². The predicted molar refractivity (Wildman–Crippen MR) is 48.2 cm³/mol. The van der Waals surface area contributed by atoms with Crippen LogP contribution in [-0.4, -0.2) is 16.6 Å². The van der Waals surface area contributed by atoms with E-state index in [9.17, 15) is 5.11 Å². The van der Waals surface area contributed by atoms with Crippen LogP contribution >= 0.6 is 11.6 Å². The molecule has 0 amide bonds. The summed E-state index contributed by atoms with van der Waals surface area (Å²) in [7, 11) is 0. The number of aliphatic hydroxyl groups is 1. The summed E-state index contributed by atoms with van der Waals surface area (Å²) in [6, 6.07) is 3.20. The smallest absolute Gasteiger partial charge is 0.102 e. The summed E-state index contributed by atoms with van der Waals surface area (Å²) in [5.74, 6) is 0. The van der Waals surface area contributed by atoms with E-state index in [2.05, 4.69) is 15.0 Å². The van der Waals surface area contributed by atoms with Crippen molar-refractivity contribution in [3.8, 4) is 0 Å². The van der Waals surface area contributed by atoms with Gasteiger partial charge in [0.05, 0.1) is 17.3 Å². The minimum Gasteiger partial charge on any atom is -0.387 e. The van der Waals surface area contributed by atoms with Gasteiger partial charge in [0.2, 0.25) is 0 Å². The Balaban J connectivity index is 2.71. The summed E-state index contributed by atoms with van der Waals surface area (Å²) in [6.07, 6.45) is 0.559. The molecule has 0 saturated heterocycles. The van der Waals surface area contributed by atoms with E-state index >= 15 is 0 Å². The van der Waals surface area contributed by atoms with Crippen LogP contribution in [0.15, 0.2) is 23.4 Å². The van der Waals surface area contributed by atoms with E-state index in [4.69, 9.17) is 17.1 Å². The molecule has 1 aromatic heterocycles. The molecule has 0 aliphatic heterocycles. The highest BCUT2D eigenvalue weighted by molar-refractivity contribution is 6.30. The van der Waals surface area contributed by atoms with Crippen molar-refractivity contribution < 1.29 is 5.11 Å². The van der Waals surface area contributed by atoms with Gasteiger partial charge in [-0.3, -0.25) is 4.98 Å². The van der Waals surface area contributed by atoms with Gasteiger partial charge in [-0.15, -0.1) is 0 Å². The van der Waals surface area contributed by atoms with Crippen LogP contribution in [0.4, 0.5) is 0 Å². The van der Waals surface area contributed by atoms with Crippen molar-refractivity contribution in [1.82, 2.24) is 4.98 Å². The summed E-state index contributed by atoms with van der Waals surface area (Å²) in [5, 5.41) is 13.1. The third-order valence-corrected chi connectivity index (χ3v) is 1.63. The second-order valence-electron chi connectivity index (χ2n) is 2.33. The summed E-state index contributed by atoms with van der Waals surface area (Å²) >= 11 is 5.59. The molecule has 0 saturated carbocycles. The number of hydrogen-bond donors (Lipinski definition) is 1. The number of halogens is 1. The molecule has 0 fully saturated rings. The Morgan fingerprint density at radius 1 is 1.69 bits per heavy atom. The standard InChI is InChI=1S/C7H7ClN4O/c8-5-1-2-6(10-3-5)7(13)4-11-12-9/h1-3,7,13H,4H2/t7-/m0/s1. The molecule has 1 aromatic rings. The largest absolute Gasteiger partial charge is 0.387 e. The first-order valence-electron chi connectivity index (χ1n) is 3.54. The fourth-order valence-corrected chi connectivity index (χ4v) is 0.904. The van der Waals surface area contributed by atoms with E-state index in [0.29, 0.717) is 10.7 Å². The molecule has 0 unspecified atom stereocenters. The van der Waals surface area contributed by atoms with Gasteiger partial charge >= 0.3 is 0 Å². The summed E-state index contributed by atoms with van der Waals surface area (Å²) in [6.45, 7) is -0.0227. The van der Waals surface area contributed by atoms with Gasteiger partial charge in [0, 0.05) is 11.1 Å². The van der Waals surface area contributed by atoms with Crippen LogP contribution in [-0.2, 0) is 0 Å². The van der Waals surface area contributed by atoms with Gasteiger partial charge in [0.15, 0.2) is 0 Å². The Morgan fingerprint density at radius 3 is 3.00 bits per heavy atom. The molecule has 0 spiro atoms. The van der Waals surface area contributed by atoms with Crippen LogP contribution in [0.5, 0.6) is 0 Å². The average molecular weight is 199 g/mol. The average Bonchev–Trinajstić information content (AvgIpc) is 2.15. The zero-order valence-corrected chi connectivity index (χ0v) is 7.39. The lowest BCUT2D eigenvalue weighted by molar-refractivity contribution is 0.182. The van der Waals surface area contributed by atoms with Crippen molar-refractivity contribution in [3.05, 3.63) is 39.5 Å². The quantitative estimate of drug-likeness (QED) is 0.458. The van der Waals surface area contributed by atoms with Gasteiger partial charge in [-0.2, -0.15) is 0 Å². The summed E-state index contributed by atoms with van der Waals surface area (Å²) in [4.78, 5) is 6.40. The lowest BCUT2D eigenvalue weighted by atomic mass is 10.2. The molecule has 0 bridgehead atoms. The van der Waals surface area contributed by atoms with Crippen molar-refractivity contribution in [2.24, 2.45) is 5.11 Å². The Kier molecular flexibility index (Phi) is 3.52. The minimum atomic E-state index is -0.867. The van der Waals surface area contributed by atoms with Crippen LogP contribution in [0.3, 0.4) is 0 Å². The number of aliphatic hydroxyl groups excluding tert-OH is 1. The maximum Gasteiger partial charge on any atom is 0.102 e. The van der Waals surface area contributed by atoms with Crippen molar-refractivity contribution in [1.29, 1.82) is 0 Å². The van der Waals surface area contributed by atoms with E-state index in [1.165, 1.54) is 6.20 Å². The van der Waals surface area contributed by atoms with Crippen LogP contribution in [0, 0.1) is 0 Å². The zero-order chi connectivity index (χ0) is 9.68. The van der Waals surface area contributed by atoms with Gasteiger partial charge in [0.1, 0.15) is 6.10 Å². The van der Waals surface area contributed by atoms with E-state index in [1.54, 1.807) is 12.1 Å². The Morgan fingerprint density at radius 2 is 2.46 bits per heavy atom. The molecule has 6 heteroatoms. The first-order chi connectivity index (χ1) is 6.24. The van der Waals surface area contributed by atoms with Crippen molar-refractivity contribution >= 4 is 11.6 Å². The minimum absolute atomic E-state index is 0.0227. The molecular formula is C7H7ClN4O. The molecule has 1 heterocycles. The molecule has 0 aromatic carbocycles. The van der Waals surface area contributed by atoms with Crippen LogP contribution in [0.25, 0.3) is 10.4 Å². The predicted octanol–water partition coefficient (Wildman–Crippen LogP) is 2.08. The summed E-state index contributed by atoms with van der Waals surface area (Å²) in [5.41, 5.74) is 8.45. The van der Waals surface area contributed by atoms with E-state index in [1.807, 2.05) is 0 Å². The lowest BCUT2D eigenvalue weighted by Crippen LogP contribution is -2.02. The van der Waals surface area contributed by atoms with E-state index < -0.39 is 6.10 Å². The molecule has 1 rings (SSSR count). The fraction of sp³-hybridized carbons (Fsp3) is 0.286. The molecule has 0 aliphatic rings. The highest BCUT2D eigenvalue weighted by atomic mass is 35.5. The Labute approximate surface area is 79.6 Å². The first kappa shape index (κ1) is 9.80. The van der Waals surface area contributed by atoms with Crippen molar-refractivity contribution in [2.45, 2.75) is 6.10 Å². The van der Waals surface area contributed by atoms with Crippen LogP contribution in [0.1, 0.15) is 11.8 Å². The maximum absolute atomic E-state index is 9.37. The summed E-state index contributed by atoms with van der Waals surface area (Å²) < 4.78 is 0. The second kappa shape index (κ2) is 4.67. The zero-order valence-electron chi connectivity index (χ0n) is 6.63. The molecule has 0 aliphatic carbocycles. The lowest BCUT2D eigenvalue weighted by Gasteiger charge is -2.05. The van der Waals surface area contributed by atoms with Gasteiger partial charge in [0.25, 0.3) is 0 Å². The number of aromatic nitrogens is 1. The molecule has 1 N–H and O–H groups in total. The number of pyridine rings is 1. The van der Waals surface area contributed by atoms with Gasteiger partial charge in [-0.1, -0.05) is 16.7 Å². The molecule has 5 nitrogen and oxygen atoms in total. The van der Waals surface area contributed by atoms with Gasteiger partial charge in [-0.25, -0.2) is 0 Å². The monoisotopic (exact) mass is 198 g/mol. The topological polar surface area (TPSA) is 81.9 Å². The Bertz CT molecular complexity index is 320. The number of nitrogens with zero attached hydrogens (tertiary/aromatic N) is 4. The second-order valence-corrected chi connectivity index (χ2v) is 2.77. The third-order valence-electron chi connectivity index (χ3n) is 1.41. The number of rotatable bonds is 3. The molecule has 68 valence electrons. The molecular weight excluding hydrogens is 192 g/mol. The Hall–Kier alpha value is -1.29. The normalized spacial score (nSPS) is 11.8. The maximum atomic E-state index is 9.37.